The Balaban J connectivity index is 1.47. The van der Waals surface area contributed by atoms with Gasteiger partial charge in [-0.25, -0.2) is 0 Å². The van der Waals surface area contributed by atoms with Crippen LogP contribution in [-0.2, 0) is 10.8 Å². The van der Waals surface area contributed by atoms with Gasteiger partial charge in [-0.05, 0) is 55.0 Å². The molecule has 0 amide bonds. The Morgan fingerprint density at radius 2 is 0.820 bits per heavy atom. The van der Waals surface area contributed by atoms with Gasteiger partial charge in [0.25, 0.3) is 0 Å². The summed E-state index contributed by atoms with van der Waals surface area (Å²) in [5.74, 6) is 0. The second-order valence-electron chi connectivity index (χ2n) is 12.9. The van der Waals surface area contributed by atoms with E-state index in [1.165, 1.54) is 0 Å². The summed E-state index contributed by atoms with van der Waals surface area (Å²) in [7, 11) is 0. The molecular formula is C46H36N4. The Morgan fingerprint density at radius 3 is 1.22 bits per heavy atom. The van der Waals surface area contributed by atoms with Crippen LogP contribution in [0.5, 0.6) is 0 Å². The smallest absolute Gasteiger partial charge is 0.138 e. The molecule has 4 heterocycles. The molecule has 50 heavy (non-hydrogen) atoms. The van der Waals surface area contributed by atoms with Crippen LogP contribution in [0.15, 0.2) is 188 Å². The van der Waals surface area contributed by atoms with Gasteiger partial charge in [-0.1, -0.05) is 146 Å². The van der Waals surface area contributed by atoms with Gasteiger partial charge in [0.2, 0.25) is 0 Å². The highest BCUT2D eigenvalue weighted by Gasteiger charge is 2.45. The Kier molecular flexibility index (Phi) is 8.27. The molecule has 0 N–H and O–H groups in total. The molecule has 8 rings (SSSR count). The van der Waals surface area contributed by atoms with Crippen LogP contribution in [0.2, 0.25) is 0 Å². The van der Waals surface area contributed by atoms with Crippen molar-refractivity contribution in [3.8, 4) is 33.8 Å². The van der Waals surface area contributed by atoms with E-state index in [2.05, 4.69) is 140 Å². The van der Waals surface area contributed by atoms with E-state index in [1.807, 2.05) is 54.6 Å². The number of nitrogens with zero attached hydrogens (tertiary/aromatic N) is 4. The minimum Gasteiger partial charge on any atom is -0.255 e. The lowest BCUT2D eigenvalue weighted by Crippen LogP contribution is -2.36. The molecule has 0 saturated carbocycles. The molecule has 0 radical (unpaired) electrons. The van der Waals surface area contributed by atoms with Crippen LogP contribution >= 0.6 is 0 Å². The summed E-state index contributed by atoms with van der Waals surface area (Å²) < 4.78 is 0. The number of benzene rings is 3. The van der Waals surface area contributed by atoms with Gasteiger partial charge in [-0.3, -0.25) is 19.9 Å². The van der Waals surface area contributed by atoms with Crippen LogP contribution in [0.1, 0.15) is 41.8 Å². The number of hydrogen-bond acceptors (Lipinski definition) is 4. The maximum atomic E-state index is 5.57. The maximum Gasteiger partial charge on any atom is 0.138 e. The monoisotopic (exact) mass is 644 g/mol. The van der Waals surface area contributed by atoms with E-state index in [9.17, 15) is 0 Å². The number of allylic oxidation sites excluding steroid dienone is 4. The summed E-state index contributed by atoms with van der Waals surface area (Å²) in [6.07, 6.45) is 9.54. The minimum atomic E-state index is -1.08. The lowest BCUT2D eigenvalue weighted by molar-refractivity contribution is 0.562. The van der Waals surface area contributed by atoms with E-state index in [1.54, 1.807) is 0 Å². The van der Waals surface area contributed by atoms with Crippen LogP contribution in [0.4, 0.5) is 0 Å². The van der Waals surface area contributed by atoms with Gasteiger partial charge in [0.05, 0.1) is 45.6 Å². The standard InChI is InChI=1S/C46H36N4/c1-45(32-12-5-13-33-45)40-27-17-31-44(50-40)46(41-28-14-24-37(47-41)34-18-6-2-7-19-34,42-29-15-25-38(48-42)35-20-8-3-9-21-35)43-30-16-26-39(49-43)36-22-10-4-11-23-36/h2-32H,33H2,1H3. The SMILES string of the molecule is CC1(c2cccc(C(c3cccc(-c4ccccc4)n3)(c3cccc(-c4ccccc4)n3)c3cccc(-c4ccccc4)n3)n2)C=CC=CC1. The van der Waals surface area contributed by atoms with Crippen molar-refractivity contribution >= 4 is 0 Å². The Bertz CT molecular complexity index is 2110. The zero-order valence-electron chi connectivity index (χ0n) is 27.9. The molecular weight excluding hydrogens is 609 g/mol. The molecule has 0 spiro atoms. The molecule has 0 bridgehead atoms. The van der Waals surface area contributed by atoms with Crippen LogP contribution in [0.3, 0.4) is 0 Å². The fourth-order valence-electron chi connectivity index (χ4n) is 6.91. The number of rotatable bonds is 8. The van der Waals surface area contributed by atoms with Crippen LogP contribution in [0.25, 0.3) is 33.8 Å². The molecule has 1 aliphatic carbocycles. The van der Waals surface area contributed by atoms with Gasteiger partial charge >= 0.3 is 0 Å². The molecule has 1 unspecified atom stereocenters. The highest BCUT2D eigenvalue weighted by Crippen LogP contribution is 2.44. The summed E-state index contributed by atoms with van der Waals surface area (Å²) >= 11 is 0. The first-order valence-electron chi connectivity index (χ1n) is 17.0. The molecule has 4 heteroatoms. The molecule has 0 saturated heterocycles. The first kappa shape index (κ1) is 31.0. The van der Waals surface area contributed by atoms with E-state index in [0.29, 0.717) is 0 Å². The highest BCUT2D eigenvalue weighted by molar-refractivity contribution is 5.65. The molecule has 0 aliphatic heterocycles. The zero-order chi connectivity index (χ0) is 33.8. The van der Waals surface area contributed by atoms with Crippen LogP contribution in [0, 0.1) is 0 Å². The van der Waals surface area contributed by atoms with E-state index in [4.69, 9.17) is 19.9 Å². The zero-order valence-corrected chi connectivity index (χ0v) is 27.9. The van der Waals surface area contributed by atoms with Crippen molar-refractivity contribution in [2.75, 3.05) is 0 Å². The number of aromatic nitrogens is 4. The van der Waals surface area contributed by atoms with Crippen LogP contribution in [-0.4, -0.2) is 19.9 Å². The first-order chi connectivity index (χ1) is 24.6. The second kappa shape index (κ2) is 13.3. The molecule has 0 fully saturated rings. The Hall–Kier alpha value is -6.26. The van der Waals surface area contributed by atoms with Gasteiger partial charge in [0, 0.05) is 22.1 Å². The molecule has 240 valence electrons. The van der Waals surface area contributed by atoms with E-state index in [-0.39, 0.29) is 5.41 Å². The van der Waals surface area contributed by atoms with Gasteiger partial charge < -0.3 is 0 Å². The molecule has 7 aromatic rings. The molecule has 1 aliphatic rings. The van der Waals surface area contributed by atoms with Crippen molar-refractivity contribution in [2.24, 2.45) is 0 Å². The van der Waals surface area contributed by atoms with Crippen LogP contribution < -0.4 is 0 Å². The van der Waals surface area contributed by atoms with Crippen molar-refractivity contribution in [1.82, 2.24) is 19.9 Å². The predicted molar refractivity (Wildman–Crippen MR) is 202 cm³/mol. The van der Waals surface area contributed by atoms with Gasteiger partial charge in [0.1, 0.15) is 5.41 Å². The molecule has 4 aromatic heterocycles. The Morgan fingerprint density at radius 1 is 0.420 bits per heavy atom. The summed E-state index contributed by atoms with van der Waals surface area (Å²) in [5, 5.41) is 0. The summed E-state index contributed by atoms with van der Waals surface area (Å²) in [6, 6.07) is 56.0. The lowest BCUT2D eigenvalue weighted by atomic mass is 9.72. The largest absolute Gasteiger partial charge is 0.255 e. The van der Waals surface area contributed by atoms with Gasteiger partial charge in [-0.15, -0.1) is 0 Å². The average Bonchev–Trinajstić information content (AvgIpc) is 3.20. The third kappa shape index (κ3) is 5.75. The van der Waals surface area contributed by atoms with E-state index >= 15 is 0 Å². The lowest BCUT2D eigenvalue weighted by Gasteiger charge is -2.35. The van der Waals surface area contributed by atoms with Crippen molar-refractivity contribution in [1.29, 1.82) is 0 Å². The fraction of sp³-hybridized carbons (Fsp3) is 0.0870. The molecule has 3 aromatic carbocycles. The summed E-state index contributed by atoms with van der Waals surface area (Å²) in [4.78, 5) is 22.0. The molecule has 1 atom stereocenters. The second-order valence-corrected chi connectivity index (χ2v) is 12.9. The Labute approximate surface area is 293 Å². The van der Waals surface area contributed by atoms with Crippen molar-refractivity contribution in [2.45, 2.75) is 24.2 Å². The average molecular weight is 645 g/mol. The topological polar surface area (TPSA) is 51.6 Å². The number of pyridine rings is 4. The quantitative estimate of drug-likeness (QED) is 0.165. The van der Waals surface area contributed by atoms with E-state index in [0.717, 1.165) is 68.7 Å². The maximum absolute atomic E-state index is 5.57. The third-order valence-corrected chi connectivity index (χ3v) is 9.58. The first-order valence-corrected chi connectivity index (χ1v) is 17.0. The van der Waals surface area contributed by atoms with Crippen molar-refractivity contribution < 1.29 is 0 Å². The van der Waals surface area contributed by atoms with Gasteiger partial charge in [-0.2, -0.15) is 0 Å². The van der Waals surface area contributed by atoms with Crippen molar-refractivity contribution in [3.05, 3.63) is 217 Å². The molecule has 4 nitrogen and oxygen atoms in total. The third-order valence-electron chi connectivity index (χ3n) is 9.58. The predicted octanol–water partition coefficient (Wildman–Crippen LogP) is 10.4. The fourth-order valence-corrected chi connectivity index (χ4v) is 6.91. The van der Waals surface area contributed by atoms with Gasteiger partial charge in [0.15, 0.2) is 0 Å². The number of hydrogen-bond donors (Lipinski definition) is 0. The van der Waals surface area contributed by atoms with E-state index < -0.39 is 5.41 Å². The summed E-state index contributed by atoms with van der Waals surface area (Å²) in [6.45, 7) is 2.25. The highest BCUT2D eigenvalue weighted by atomic mass is 14.9. The summed E-state index contributed by atoms with van der Waals surface area (Å²) in [5.41, 5.74) is 8.54. The minimum absolute atomic E-state index is 0.269. The normalized spacial score (nSPS) is 15.5. The van der Waals surface area contributed by atoms with Crippen molar-refractivity contribution in [3.63, 3.8) is 0 Å².